The van der Waals surface area contributed by atoms with Crippen molar-refractivity contribution in [3.63, 3.8) is 0 Å². The molecule has 0 aliphatic rings. The van der Waals surface area contributed by atoms with Crippen molar-refractivity contribution in [3.8, 4) is 5.75 Å². The van der Waals surface area contributed by atoms with Gasteiger partial charge in [-0.1, -0.05) is 48.5 Å². The van der Waals surface area contributed by atoms with Crippen LogP contribution in [0.5, 0.6) is 5.75 Å². The first-order chi connectivity index (χ1) is 17.5. The first-order valence-corrected chi connectivity index (χ1v) is 11.4. The number of esters is 1. The van der Waals surface area contributed by atoms with Gasteiger partial charge >= 0.3 is 11.6 Å². The summed E-state index contributed by atoms with van der Waals surface area (Å²) >= 11 is 0. The number of nitrogens with one attached hydrogen (secondary N) is 1. The Morgan fingerprint density at radius 1 is 0.861 bits per heavy atom. The highest BCUT2D eigenvalue weighted by molar-refractivity contribution is 6.18. The maximum atomic E-state index is 13.7. The maximum absolute atomic E-state index is 13.7. The van der Waals surface area contributed by atoms with E-state index in [1.165, 1.54) is 20.3 Å². The molecule has 0 aliphatic heterocycles. The minimum atomic E-state index is -1.03. The minimum Gasteiger partial charge on any atom is -0.497 e. The third-order valence-corrected chi connectivity index (χ3v) is 6.25. The molecule has 0 radical (unpaired) electrons. The third kappa shape index (κ3) is 4.27. The molecule has 1 N–H and O–H groups in total. The van der Waals surface area contributed by atoms with Crippen molar-refractivity contribution in [1.82, 2.24) is 5.32 Å². The summed E-state index contributed by atoms with van der Waals surface area (Å²) in [6, 6.07) is 22.6. The average Bonchev–Trinajstić information content (AvgIpc) is 2.90. The number of amides is 1. The van der Waals surface area contributed by atoms with E-state index in [1.807, 2.05) is 54.6 Å². The molecule has 0 fully saturated rings. The van der Waals surface area contributed by atoms with Crippen molar-refractivity contribution >= 4 is 44.4 Å². The predicted octanol–water partition coefficient (Wildman–Crippen LogP) is 4.62. The van der Waals surface area contributed by atoms with Gasteiger partial charge in [0.1, 0.15) is 17.4 Å². The third-order valence-electron chi connectivity index (χ3n) is 6.25. The number of carbonyl (C=O) groups is 2. The van der Waals surface area contributed by atoms with E-state index < -0.39 is 23.5 Å². The molecule has 1 heterocycles. The first kappa shape index (κ1) is 23.1. The summed E-state index contributed by atoms with van der Waals surface area (Å²) in [4.78, 5) is 38.7. The number of fused-ring (bicyclic) bond motifs is 3. The van der Waals surface area contributed by atoms with Crippen LogP contribution in [0.3, 0.4) is 0 Å². The lowest BCUT2D eigenvalue weighted by Gasteiger charge is -2.19. The molecule has 0 unspecified atom stereocenters. The molecule has 1 amide bonds. The fourth-order valence-electron chi connectivity index (χ4n) is 4.55. The second-order valence-electron chi connectivity index (χ2n) is 8.40. The van der Waals surface area contributed by atoms with E-state index in [0.717, 1.165) is 21.5 Å². The van der Waals surface area contributed by atoms with Crippen molar-refractivity contribution in [2.24, 2.45) is 0 Å². The van der Waals surface area contributed by atoms with Gasteiger partial charge < -0.3 is 19.2 Å². The quantitative estimate of drug-likeness (QED) is 0.216. The number of hydrogen-bond donors (Lipinski definition) is 1. The van der Waals surface area contributed by atoms with Crippen molar-refractivity contribution in [2.75, 3.05) is 14.2 Å². The van der Waals surface area contributed by atoms with Crippen LogP contribution in [-0.2, 0) is 16.0 Å². The summed E-state index contributed by atoms with van der Waals surface area (Å²) in [7, 11) is 2.78. The lowest BCUT2D eigenvalue weighted by molar-refractivity contribution is -0.142. The molecule has 36 heavy (non-hydrogen) atoms. The zero-order valence-corrected chi connectivity index (χ0v) is 19.7. The summed E-state index contributed by atoms with van der Waals surface area (Å²) in [5.41, 5.74) is 0.773. The van der Waals surface area contributed by atoms with Gasteiger partial charge in [0.15, 0.2) is 0 Å². The normalized spacial score (nSPS) is 11.9. The Morgan fingerprint density at radius 2 is 1.53 bits per heavy atom. The molecule has 180 valence electrons. The van der Waals surface area contributed by atoms with Crippen LogP contribution in [-0.4, -0.2) is 32.1 Å². The highest BCUT2D eigenvalue weighted by Gasteiger charge is 2.26. The van der Waals surface area contributed by atoms with Gasteiger partial charge in [-0.3, -0.25) is 4.79 Å². The largest absolute Gasteiger partial charge is 0.497 e. The lowest BCUT2D eigenvalue weighted by Crippen LogP contribution is -2.43. The fourth-order valence-corrected chi connectivity index (χ4v) is 4.55. The number of rotatable bonds is 6. The molecular weight excluding hydrogens is 458 g/mol. The molecule has 1 aromatic heterocycles. The van der Waals surface area contributed by atoms with Crippen LogP contribution in [0, 0.1) is 0 Å². The number of carbonyl (C=O) groups excluding carboxylic acids is 2. The molecule has 5 rings (SSSR count). The molecule has 5 aromatic rings. The summed E-state index contributed by atoms with van der Waals surface area (Å²) < 4.78 is 15.5. The number of benzene rings is 4. The van der Waals surface area contributed by atoms with E-state index in [-0.39, 0.29) is 6.42 Å². The summed E-state index contributed by atoms with van der Waals surface area (Å²) in [5.74, 6) is -0.501. The number of methoxy groups -OCH3 is 2. The Labute approximate surface area is 206 Å². The second kappa shape index (κ2) is 9.54. The monoisotopic (exact) mass is 481 g/mol. The molecular formula is C29H23NO6. The Balaban J connectivity index is 1.57. The van der Waals surface area contributed by atoms with Gasteiger partial charge in [0.2, 0.25) is 0 Å². The van der Waals surface area contributed by atoms with Gasteiger partial charge in [-0.05, 0) is 45.3 Å². The average molecular weight is 482 g/mol. The Kier molecular flexibility index (Phi) is 6.12. The van der Waals surface area contributed by atoms with Crippen LogP contribution in [0.15, 0.2) is 88.1 Å². The summed E-state index contributed by atoms with van der Waals surface area (Å²) in [6.45, 7) is 0. The highest BCUT2D eigenvalue weighted by atomic mass is 16.5. The van der Waals surface area contributed by atoms with Crippen LogP contribution >= 0.6 is 0 Å². The number of hydrogen-bond acceptors (Lipinski definition) is 6. The van der Waals surface area contributed by atoms with E-state index in [4.69, 9.17) is 13.9 Å². The molecule has 0 bridgehead atoms. The summed E-state index contributed by atoms with van der Waals surface area (Å²) in [6.07, 6.45) is 0.0372. The zero-order chi connectivity index (χ0) is 25.2. The van der Waals surface area contributed by atoms with E-state index in [0.29, 0.717) is 27.8 Å². The molecule has 7 heteroatoms. The topological polar surface area (TPSA) is 94.8 Å². The van der Waals surface area contributed by atoms with Crippen LogP contribution < -0.4 is 15.7 Å². The first-order valence-electron chi connectivity index (χ1n) is 11.4. The zero-order valence-electron chi connectivity index (χ0n) is 19.7. The SMILES string of the molecule is COC(=O)[C@H](Cc1cc(=O)oc2cc(OC)ccc12)NC(=O)c1c2ccccc2cc2ccccc12. The van der Waals surface area contributed by atoms with Crippen molar-refractivity contribution < 1.29 is 23.5 Å². The Hall–Kier alpha value is -4.65. The fraction of sp³-hybridized carbons (Fsp3) is 0.138. The van der Waals surface area contributed by atoms with Gasteiger partial charge in [0, 0.05) is 23.9 Å². The van der Waals surface area contributed by atoms with Crippen molar-refractivity contribution in [3.05, 3.63) is 100 Å². The molecule has 7 nitrogen and oxygen atoms in total. The predicted molar refractivity (Wildman–Crippen MR) is 137 cm³/mol. The summed E-state index contributed by atoms with van der Waals surface area (Å²) in [5, 5.41) is 6.86. The van der Waals surface area contributed by atoms with Crippen LogP contribution in [0.2, 0.25) is 0 Å². The van der Waals surface area contributed by atoms with Crippen LogP contribution in [0.1, 0.15) is 15.9 Å². The molecule has 1 atom stereocenters. The van der Waals surface area contributed by atoms with Gasteiger partial charge in [0.05, 0.1) is 19.8 Å². The maximum Gasteiger partial charge on any atom is 0.336 e. The number of ether oxygens (including phenoxy) is 2. The van der Waals surface area contributed by atoms with Gasteiger partial charge in [-0.2, -0.15) is 0 Å². The molecule has 4 aromatic carbocycles. The Bertz CT molecular complexity index is 1630. The Morgan fingerprint density at radius 3 is 2.17 bits per heavy atom. The molecule has 0 saturated heterocycles. The minimum absolute atomic E-state index is 0.0372. The highest BCUT2D eigenvalue weighted by Crippen LogP contribution is 2.29. The van der Waals surface area contributed by atoms with E-state index in [2.05, 4.69) is 5.32 Å². The van der Waals surface area contributed by atoms with E-state index in [1.54, 1.807) is 18.2 Å². The standard InChI is InChI=1S/C29H23NO6/c1-34-20-11-12-21-19(15-26(31)36-25(21)16-20)14-24(29(33)35-2)30-28(32)27-22-9-5-3-7-17(22)13-18-8-4-6-10-23(18)27/h3-13,15-16,24H,14H2,1-2H3,(H,30,32)/t24-/m0/s1. The van der Waals surface area contributed by atoms with Crippen molar-refractivity contribution in [1.29, 1.82) is 0 Å². The van der Waals surface area contributed by atoms with Gasteiger partial charge in [0.25, 0.3) is 5.91 Å². The van der Waals surface area contributed by atoms with Gasteiger partial charge in [-0.25, -0.2) is 9.59 Å². The van der Waals surface area contributed by atoms with Crippen LogP contribution in [0.4, 0.5) is 0 Å². The van der Waals surface area contributed by atoms with Gasteiger partial charge in [-0.15, -0.1) is 0 Å². The lowest BCUT2D eigenvalue weighted by atomic mass is 9.95. The smallest absolute Gasteiger partial charge is 0.336 e. The van der Waals surface area contributed by atoms with Crippen LogP contribution in [0.25, 0.3) is 32.5 Å². The van der Waals surface area contributed by atoms with E-state index in [9.17, 15) is 14.4 Å². The van der Waals surface area contributed by atoms with Crippen molar-refractivity contribution in [2.45, 2.75) is 12.5 Å². The molecule has 0 aliphatic carbocycles. The molecule has 0 saturated carbocycles. The molecule has 0 spiro atoms. The second-order valence-corrected chi connectivity index (χ2v) is 8.40. The van der Waals surface area contributed by atoms with E-state index >= 15 is 0 Å².